The molecule has 16 heavy (non-hydrogen) atoms. The second kappa shape index (κ2) is 6.01. The predicted molar refractivity (Wildman–Crippen MR) is 65.2 cm³/mol. The standard InChI is InChI=1S/C12H22N4/c1-15-11-14-10-12(15)9-13-5-8-16-6-3-2-4-7-16/h10-11,13H,2-9H2,1H3. The molecule has 1 aromatic rings. The molecule has 1 aliphatic heterocycles. The second-order valence-corrected chi connectivity index (χ2v) is 4.57. The van der Waals surface area contributed by atoms with Gasteiger partial charge in [0.25, 0.3) is 0 Å². The van der Waals surface area contributed by atoms with Crippen LogP contribution in [0.1, 0.15) is 25.0 Å². The molecule has 1 aromatic heterocycles. The van der Waals surface area contributed by atoms with Gasteiger partial charge in [-0.2, -0.15) is 0 Å². The summed E-state index contributed by atoms with van der Waals surface area (Å²) in [6.45, 7) is 5.74. The zero-order valence-corrected chi connectivity index (χ0v) is 10.2. The van der Waals surface area contributed by atoms with Gasteiger partial charge in [-0.3, -0.25) is 0 Å². The molecule has 0 amide bonds. The number of hydrogen-bond acceptors (Lipinski definition) is 3. The summed E-state index contributed by atoms with van der Waals surface area (Å²) in [7, 11) is 2.04. The molecule has 0 radical (unpaired) electrons. The minimum absolute atomic E-state index is 0.921. The van der Waals surface area contributed by atoms with E-state index in [0.29, 0.717) is 0 Å². The molecule has 0 aromatic carbocycles. The third-order valence-electron chi connectivity index (χ3n) is 3.28. The molecule has 0 atom stereocenters. The zero-order chi connectivity index (χ0) is 11.2. The van der Waals surface area contributed by atoms with E-state index in [4.69, 9.17) is 0 Å². The molecule has 90 valence electrons. The summed E-state index contributed by atoms with van der Waals surface area (Å²) in [5.41, 5.74) is 1.25. The zero-order valence-electron chi connectivity index (χ0n) is 10.2. The predicted octanol–water partition coefficient (Wildman–Crippen LogP) is 0.996. The number of aromatic nitrogens is 2. The minimum Gasteiger partial charge on any atom is -0.337 e. The number of nitrogens with zero attached hydrogens (tertiary/aromatic N) is 3. The maximum Gasteiger partial charge on any atom is 0.0945 e. The van der Waals surface area contributed by atoms with E-state index < -0.39 is 0 Å². The van der Waals surface area contributed by atoms with Crippen LogP contribution in [0.3, 0.4) is 0 Å². The van der Waals surface area contributed by atoms with E-state index in [0.717, 1.165) is 13.1 Å². The Hall–Kier alpha value is -0.870. The lowest BCUT2D eigenvalue weighted by molar-refractivity contribution is 0.229. The van der Waals surface area contributed by atoms with E-state index in [-0.39, 0.29) is 0 Å². The van der Waals surface area contributed by atoms with Gasteiger partial charge in [0.2, 0.25) is 0 Å². The van der Waals surface area contributed by atoms with Crippen molar-refractivity contribution in [2.45, 2.75) is 25.8 Å². The van der Waals surface area contributed by atoms with E-state index in [1.54, 1.807) is 0 Å². The Morgan fingerprint density at radius 3 is 2.81 bits per heavy atom. The first-order valence-corrected chi connectivity index (χ1v) is 6.24. The highest BCUT2D eigenvalue weighted by Gasteiger charge is 2.08. The van der Waals surface area contributed by atoms with Gasteiger partial charge in [0.15, 0.2) is 0 Å². The summed E-state index contributed by atoms with van der Waals surface area (Å²) in [5.74, 6) is 0. The van der Waals surface area contributed by atoms with Crippen LogP contribution in [0.25, 0.3) is 0 Å². The van der Waals surface area contributed by atoms with Crippen LogP contribution in [0.4, 0.5) is 0 Å². The van der Waals surface area contributed by atoms with Crippen LogP contribution in [-0.4, -0.2) is 40.6 Å². The maximum absolute atomic E-state index is 4.10. The van der Waals surface area contributed by atoms with E-state index in [1.165, 1.54) is 44.6 Å². The highest BCUT2D eigenvalue weighted by molar-refractivity contribution is 4.96. The van der Waals surface area contributed by atoms with Crippen LogP contribution >= 0.6 is 0 Å². The van der Waals surface area contributed by atoms with E-state index in [9.17, 15) is 0 Å². The van der Waals surface area contributed by atoms with Crippen LogP contribution in [0.2, 0.25) is 0 Å². The molecule has 2 rings (SSSR count). The smallest absolute Gasteiger partial charge is 0.0945 e. The third kappa shape index (κ3) is 3.32. The van der Waals surface area contributed by atoms with Crippen molar-refractivity contribution in [3.8, 4) is 0 Å². The molecular formula is C12H22N4. The van der Waals surface area contributed by atoms with Gasteiger partial charge in [0, 0.05) is 32.9 Å². The van der Waals surface area contributed by atoms with Crippen LogP contribution in [0, 0.1) is 0 Å². The molecule has 4 heteroatoms. The normalized spacial score (nSPS) is 17.8. The first kappa shape index (κ1) is 11.6. The molecule has 1 saturated heterocycles. The van der Waals surface area contributed by atoms with Crippen molar-refractivity contribution in [3.63, 3.8) is 0 Å². The first-order chi connectivity index (χ1) is 7.86. The SMILES string of the molecule is Cn1cncc1CNCCN1CCCCC1. The fraction of sp³-hybridized carbons (Fsp3) is 0.750. The lowest BCUT2D eigenvalue weighted by Crippen LogP contribution is -2.35. The number of nitrogens with one attached hydrogen (secondary N) is 1. The average molecular weight is 222 g/mol. The highest BCUT2D eigenvalue weighted by atomic mass is 15.1. The number of hydrogen-bond donors (Lipinski definition) is 1. The van der Waals surface area contributed by atoms with Crippen molar-refractivity contribution >= 4 is 0 Å². The summed E-state index contributed by atoms with van der Waals surface area (Å²) in [6.07, 6.45) is 7.94. The molecule has 0 aliphatic carbocycles. The Labute approximate surface area is 97.7 Å². The summed E-state index contributed by atoms with van der Waals surface area (Å²) in [5, 5.41) is 3.47. The van der Waals surface area contributed by atoms with Crippen LogP contribution < -0.4 is 5.32 Å². The maximum atomic E-state index is 4.10. The van der Waals surface area contributed by atoms with Crippen LogP contribution in [0.15, 0.2) is 12.5 Å². The van der Waals surface area contributed by atoms with Crippen LogP contribution in [0.5, 0.6) is 0 Å². The van der Waals surface area contributed by atoms with Gasteiger partial charge >= 0.3 is 0 Å². The van der Waals surface area contributed by atoms with Crippen molar-refractivity contribution in [1.82, 2.24) is 19.8 Å². The topological polar surface area (TPSA) is 33.1 Å². The Morgan fingerprint density at radius 1 is 1.31 bits per heavy atom. The summed E-state index contributed by atoms with van der Waals surface area (Å²) in [6, 6.07) is 0. The van der Waals surface area contributed by atoms with E-state index in [2.05, 4.69) is 19.8 Å². The number of piperidine rings is 1. The molecule has 1 aliphatic rings. The third-order valence-corrected chi connectivity index (χ3v) is 3.28. The van der Waals surface area contributed by atoms with E-state index in [1.807, 2.05) is 19.6 Å². The van der Waals surface area contributed by atoms with Gasteiger partial charge in [0.05, 0.1) is 12.0 Å². The van der Waals surface area contributed by atoms with Gasteiger partial charge in [-0.1, -0.05) is 6.42 Å². The lowest BCUT2D eigenvalue weighted by atomic mass is 10.1. The van der Waals surface area contributed by atoms with Crippen molar-refractivity contribution in [2.24, 2.45) is 7.05 Å². The lowest BCUT2D eigenvalue weighted by Gasteiger charge is -2.26. The molecular weight excluding hydrogens is 200 g/mol. The van der Waals surface area contributed by atoms with Crippen molar-refractivity contribution in [2.75, 3.05) is 26.2 Å². The molecule has 2 heterocycles. The molecule has 1 N–H and O–H groups in total. The molecule has 0 saturated carbocycles. The largest absolute Gasteiger partial charge is 0.337 e. The minimum atomic E-state index is 0.921. The molecule has 0 unspecified atom stereocenters. The first-order valence-electron chi connectivity index (χ1n) is 6.24. The van der Waals surface area contributed by atoms with Gasteiger partial charge in [-0.05, 0) is 25.9 Å². The van der Waals surface area contributed by atoms with Crippen molar-refractivity contribution in [1.29, 1.82) is 0 Å². The molecule has 4 nitrogen and oxygen atoms in total. The number of rotatable bonds is 5. The Bertz CT molecular complexity index is 302. The molecule has 0 spiro atoms. The van der Waals surface area contributed by atoms with Gasteiger partial charge < -0.3 is 14.8 Å². The van der Waals surface area contributed by atoms with Crippen LogP contribution in [-0.2, 0) is 13.6 Å². The fourth-order valence-corrected chi connectivity index (χ4v) is 2.19. The Morgan fingerprint density at radius 2 is 2.12 bits per heavy atom. The summed E-state index contributed by atoms with van der Waals surface area (Å²) >= 11 is 0. The van der Waals surface area contributed by atoms with Gasteiger partial charge in [0.1, 0.15) is 0 Å². The van der Waals surface area contributed by atoms with Crippen molar-refractivity contribution < 1.29 is 0 Å². The van der Waals surface area contributed by atoms with Gasteiger partial charge in [-0.25, -0.2) is 4.98 Å². The molecule has 1 fully saturated rings. The summed E-state index contributed by atoms with van der Waals surface area (Å²) in [4.78, 5) is 6.66. The van der Waals surface area contributed by atoms with E-state index >= 15 is 0 Å². The average Bonchev–Trinajstić information content (AvgIpc) is 2.72. The number of likely N-dealkylation sites (tertiary alicyclic amines) is 1. The fourth-order valence-electron chi connectivity index (χ4n) is 2.19. The highest BCUT2D eigenvalue weighted by Crippen LogP contribution is 2.07. The number of aryl methyl sites for hydroxylation is 1. The monoisotopic (exact) mass is 222 g/mol. The second-order valence-electron chi connectivity index (χ2n) is 4.57. The van der Waals surface area contributed by atoms with Gasteiger partial charge in [-0.15, -0.1) is 0 Å². The Kier molecular flexibility index (Phi) is 4.36. The number of imidazole rings is 1. The Balaban J connectivity index is 1.59. The summed E-state index contributed by atoms with van der Waals surface area (Å²) < 4.78 is 2.06. The quantitative estimate of drug-likeness (QED) is 0.754. The molecule has 0 bridgehead atoms. The van der Waals surface area contributed by atoms with Crippen molar-refractivity contribution in [3.05, 3.63) is 18.2 Å².